The van der Waals surface area contributed by atoms with Crippen LogP contribution in [0.3, 0.4) is 0 Å². The van der Waals surface area contributed by atoms with Gasteiger partial charge in [0.05, 0.1) is 172 Å². The molecular weight excluding hydrogens is 1890 g/mol. The largest absolute Gasteiger partial charge is 0.480 e. The van der Waals surface area contributed by atoms with Crippen molar-refractivity contribution in [2.75, 3.05) is 383 Å². The normalized spacial score (nSPS) is 19.1. The van der Waals surface area contributed by atoms with Gasteiger partial charge in [-0.2, -0.15) is 0 Å². The van der Waals surface area contributed by atoms with E-state index in [-0.39, 0.29) is 262 Å². The Morgan fingerprint density at radius 3 is 0.441 bits per heavy atom. The average Bonchev–Trinajstić information content (AvgIpc) is 0.846. The van der Waals surface area contributed by atoms with E-state index < -0.39 is 227 Å². The van der Waals surface area contributed by atoms with E-state index in [1.807, 2.05) is 0 Å². The molecule has 0 aromatic heterocycles. The maximum Gasteiger partial charge on any atom is 0.319 e. The second kappa shape index (κ2) is 67.4. The molecule has 0 aliphatic carbocycles. The van der Waals surface area contributed by atoms with Gasteiger partial charge >= 0.3 is 71.6 Å². The maximum atomic E-state index is 14.6. The summed E-state index contributed by atoms with van der Waals surface area (Å²) in [5.74, 6) is -17.0. The second-order valence-corrected chi connectivity index (χ2v) is 35.5. The van der Waals surface area contributed by atoms with Crippen molar-refractivity contribution in [1.29, 1.82) is 0 Å². The van der Waals surface area contributed by atoms with E-state index in [2.05, 4.69) is 42.5 Å². The van der Waals surface area contributed by atoms with Gasteiger partial charge in [0.1, 0.15) is 0 Å². The van der Waals surface area contributed by atoms with Crippen LogP contribution in [0.4, 0.5) is 0 Å². The molecule has 0 aromatic rings. The zero-order chi connectivity index (χ0) is 106. The summed E-state index contributed by atoms with van der Waals surface area (Å²) in [5.41, 5.74) is -1.84. The minimum absolute atomic E-state index is 0.0336. The summed E-state index contributed by atoms with van der Waals surface area (Å²) in [7, 11) is 7.25. The number of rotatable bonds is 48. The Kier molecular flexibility index (Phi) is 58.5. The fourth-order valence-corrected chi connectivity index (χ4v) is 16.0. The quantitative estimate of drug-likeness (QED) is 0.0199. The molecule has 4 aliphatic heterocycles. The molecule has 4 unspecified atom stereocenters. The van der Waals surface area contributed by atoms with Gasteiger partial charge in [-0.1, -0.05) is 0 Å². The molecule has 4 fully saturated rings. The van der Waals surface area contributed by atoms with Gasteiger partial charge in [-0.3, -0.25) is 174 Å². The zero-order valence-electron chi connectivity index (χ0n) is 84.0. The van der Waals surface area contributed by atoms with Gasteiger partial charge in [-0.15, -0.1) is 0 Å². The molecule has 0 saturated carbocycles. The van der Waals surface area contributed by atoms with Crippen molar-refractivity contribution in [3.05, 3.63) is 0 Å². The third-order valence-corrected chi connectivity index (χ3v) is 25.2. The van der Waals surface area contributed by atoms with Crippen LogP contribution in [0.25, 0.3) is 0 Å². The number of nitrogens with one attached hydrogen (secondary N) is 8. The summed E-state index contributed by atoms with van der Waals surface area (Å²) in [4.78, 5) is 292. The van der Waals surface area contributed by atoms with Gasteiger partial charge in [0.2, 0.25) is 47.3 Å². The molecule has 0 bridgehead atoms. The molecule has 0 spiro atoms. The standard InChI is InChI=1S/C87H152N24O32/c1-63(108-35-27-98(49-73(120)121)13-11-96(47-71(116)117)15-21-104(31-39-108)55-79(130)140-7)83(134)88-43-67(112)92-59-87(60-93-68(113)44-89-84(135)64(2)109-36-28-99(50-74(122)123)14-12-97(48-72(118)119)16-22-105(32-40-109)56-80(131)141-8,61-94-69(114)45-90-85(136)65(3)110-37-29-100(51-75(124)125)17-19-102(53-77(128)138-5)23-25-106(33-41-110)57-81(132)142-9)62-95-70(115)46-91-86(137)66(4)111-38-30-101(52-76(126)127)18-20-103(54-78(129)139-6)24-26-107(34-42-111)58-82(133)143-10/h63-66H,11-62H2,1-10H3,(H,88,134)(H,89,135)(H,90,136)(H,91,137)(H,92,112)(H,93,113)(H,94,114)(H,95,115)(H,116,117)(H,118,119)(H,120,121)(H,122,123)(H,124,125)(H,126,127). The van der Waals surface area contributed by atoms with E-state index in [9.17, 15) is 127 Å². The molecular formula is C87H152N24O32. The highest BCUT2D eigenvalue weighted by Gasteiger charge is 2.37. The summed E-state index contributed by atoms with van der Waals surface area (Å²) in [6, 6.07) is -4.32. The highest BCUT2D eigenvalue weighted by molar-refractivity contribution is 5.90. The number of esters is 6. The molecule has 4 atom stereocenters. The van der Waals surface area contributed by atoms with Crippen LogP contribution >= 0.6 is 0 Å². The highest BCUT2D eigenvalue weighted by Crippen LogP contribution is 2.17. The Morgan fingerprint density at radius 2 is 0.322 bits per heavy atom. The second-order valence-electron chi connectivity index (χ2n) is 35.5. The van der Waals surface area contributed by atoms with E-state index in [0.29, 0.717) is 0 Å². The molecule has 0 aromatic carbocycles. The van der Waals surface area contributed by atoms with Crippen LogP contribution in [0.2, 0.25) is 0 Å². The lowest BCUT2D eigenvalue weighted by molar-refractivity contribution is -0.144. The Bertz CT molecular complexity index is 3870. The van der Waals surface area contributed by atoms with Crippen LogP contribution in [0.15, 0.2) is 0 Å². The number of methoxy groups -OCH3 is 6. The third-order valence-electron chi connectivity index (χ3n) is 25.2. The van der Waals surface area contributed by atoms with Crippen molar-refractivity contribution in [1.82, 2.24) is 121 Å². The summed E-state index contributed by atoms with van der Waals surface area (Å²) in [5, 5.41) is 80.7. The maximum absolute atomic E-state index is 14.6. The van der Waals surface area contributed by atoms with Gasteiger partial charge in [0.15, 0.2) is 0 Å². The van der Waals surface area contributed by atoms with Crippen LogP contribution in [0.5, 0.6) is 0 Å². The molecule has 4 saturated heterocycles. The Morgan fingerprint density at radius 1 is 0.203 bits per heavy atom. The first-order valence-electron chi connectivity index (χ1n) is 47.4. The Labute approximate surface area is 831 Å². The van der Waals surface area contributed by atoms with Crippen LogP contribution in [-0.4, -0.2) is 635 Å². The number of aliphatic carboxylic acids is 6. The number of carboxylic acid groups (broad SMARTS) is 6. The number of carbonyl (C=O) groups excluding carboxylic acids is 14. The molecule has 56 nitrogen and oxygen atoms in total. The average molecular weight is 2050 g/mol. The summed E-state index contributed by atoms with van der Waals surface area (Å²) in [6.07, 6.45) is 0. The van der Waals surface area contributed by atoms with Crippen molar-refractivity contribution >= 4 is 119 Å². The molecule has 4 heterocycles. The van der Waals surface area contributed by atoms with Crippen LogP contribution in [0.1, 0.15) is 27.7 Å². The van der Waals surface area contributed by atoms with Crippen molar-refractivity contribution in [3.8, 4) is 0 Å². The fraction of sp³-hybridized carbons (Fsp3) is 0.770. The van der Waals surface area contributed by atoms with Crippen molar-refractivity contribution in [2.24, 2.45) is 5.41 Å². The monoisotopic (exact) mass is 2050 g/mol. The number of amides is 8. The minimum Gasteiger partial charge on any atom is -0.480 e. The van der Waals surface area contributed by atoms with Crippen molar-refractivity contribution in [2.45, 2.75) is 51.9 Å². The smallest absolute Gasteiger partial charge is 0.319 e. The SMILES string of the molecule is COC(=O)CN1CCN(CC(=O)O)CCN(C(C)C(=O)NCC(=O)NCC(CNC(=O)CNC(=O)C(C)N2CCN(CC(=O)O)CCN(CC(=O)O)CCN(CC(=O)OC)CC2)(CNC(=O)CNC(=O)C(C)N2CCN(CC(=O)O)CCN(CC(=O)O)CCN(CC(=O)OC)CC2)CNC(=O)CNC(=O)C(C)N2CCN(CC(=O)O)CCN(CC(=O)OC)CCN(CC(=O)OC)CC2)CCN(CC(=O)OC)CC1. The summed E-state index contributed by atoms with van der Waals surface area (Å²) < 4.78 is 29.7. The summed E-state index contributed by atoms with van der Waals surface area (Å²) >= 11 is 0. The van der Waals surface area contributed by atoms with Crippen molar-refractivity contribution < 1.29 is 155 Å². The van der Waals surface area contributed by atoms with E-state index in [1.54, 1.807) is 78.4 Å². The van der Waals surface area contributed by atoms with Gasteiger partial charge < -0.3 is 102 Å². The molecule has 8 amide bonds. The van der Waals surface area contributed by atoms with Crippen LogP contribution in [0, 0.1) is 5.41 Å². The van der Waals surface area contributed by atoms with Gasteiger partial charge in [-0.25, -0.2) is 0 Å². The lowest BCUT2D eigenvalue weighted by atomic mass is 9.86. The Balaban J connectivity index is 1.84. The molecule has 4 rings (SSSR count). The zero-order valence-corrected chi connectivity index (χ0v) is 84.0. The fourth-order valence-electron chi connectivity index (χ4n) is 16.0. The first-order chi connectivity index (χ1) is 67.9. The Hall–Kier alpha value is -11.2. The predicted molar refractivity (Wildman–Crippen MR) is 506 cm³/mol. The predicted octanol–water partition coefficient (Wildman–Crippen LogP) is -13.1. The molecule has 812 valence electrons. The summed E-state index contributed by atoms with van der Waals surface area (Å²) in [6.45, 7) is 0.414. The number of carbonyl (C=O) groups is 20. The number of carboxylic acids is 6. The third kappa shape index (κ3) is 51.7. The lowest BCUT2D eigenvalue weighted by Gasteiger charge is -2.36. The van der Waals surface area contributed by atoms with Crippen LogP contribution < -0.4 is 42.5 Å². The lowest BCUT2D eigenvalue weighted by Crippen LogP contribution is -2.59. The van der Waals surface area contributed by atoms with E-state index in [0.717, 1.165) is 0 Å². The van der Waals surface area contributed by atoms with E-state index in [4.69, 9.17) is 28.4 Å². The van der Waals surface area contributed by atoms with Crippen LogP contribution in [-0.2, 0) is 124 Å². The molecule has 14 N–H and O–H groups in total. The first kappa shape index (κ1) is 124. The molecule has 56 heteroatoms. The van der Waals surface area contributed by atoms with Gasteiger partial charge in [0, 0.05) is 241 Å². The van der Waals surface area contributed by atoms with E-state index >= 15 is 0 Å². The van der Waals surface area contributed by atoms with E-state index in [1.165, 1.54) is 70.4 Å². The first-order valence-corrected chi connectivity index (χ1v) is 47.4. The van der Waals surface area contributed by atoms with Crippen molar-refractivity contribution in [3.63, 3.8) is 0 Å². The van der Waals surface area contributed by atoms with Gasteiger partial charge in [-0.05, 0) is 27.7 Å². The number of hydrogen-bond acceptors (Lipinski definition) is 42. The number of nitrogens with zero attached hydrogens (tertiary/aromatic N) is 16. The molecule has 143 heavy (non-hydrogen) atoms. The highest BCUT2D eigenvalue weighted by atomic mass is 16.5. The topological polar surface area (TPSA) is 666 Å². The van der Waals surface area contributed by atoms with Gasteiger partial charge in [0.25, 0.3) is 0 Å². The number of ether oxygens (including phenoxy) is 6. The minimum atomic E-state index is -1.84. The molecule has 0 radical (unpaired) electrons. The molecule has 4 aliphatic rings. The number of hydrogen-bond donors (Lipinski definition) is 14.